The van der Waals surface area contributed by atoms with Gasteiger partial charge in [0.05, 0.1) is 35.6 Å². The number of benzene rings is 2. The number of hydrogen-bond donors (Lipinski definition) is 4. The Balaban J connectivity index is 1.46. The van der Waals surface area contributed by atoms with Crippen LogP contribution in [-0.2, 0) is 42.9 Å². The topological polar surface area (TPSA) is 221 Å². The van der Waals surface area contributed by atoms with Gasteiger partial charge in [-0.25, -0.2) is 14.4 Å². The molecule has 15 heteroatoms. The average molecular weight is 808 g/mol. The van der Waals surface area contributed by atoms with E-state index < -0.39 is 124 Å². The van der Waals surface area contributed by atoms with E-state index >= 15 is 0 Å². The average Bonchev–Trinajstić information content (AvgIpc) is 3.14. The van der Waals surface area contributed by atoms with E-state index in [0.717, 1.165) is 6.92 Å². The zero-order chi connectivity index (χ0) is 42.7. The Bertz CT molecular complexity index is 1950. The molecule has 2 unspecified atom stereocenters. The first-order chi connectivity index (χ1) is 27.0. The maximum atomic E-state index is 14.9. The number of Topliss-reactive ketones (excluding diaryl/α,β-unsaturated/α-hetero) is 2. The van der Waals surface area contributed by atoms with E-state index in [1.165, 1.54) is 19.1 Å². The molecule has 314 valence electrons. The van der Waals surface area contributed by atoms with Crippen LogP contribution in [0.3, 0.4) is 0 Å². The highest BCUT2D eigenvalue weighted by Crippen LogP contribution is 2.64. The van der Waals surface area contributed by atoms with Gasteiger partial charge in [0.25, 0.3) is 0 Å². The summed E-state index contributed by atoms with van der Waals surface area (Å²) in [6, 6.07) is 14.6. The quantitative estimate of drug-likeness (QED) is 0.171. The zero-order valence-electron chi connectivity index (χ0n) is 33.9. The summed E-state index contributed by atoms with van der Waals surface area (Å²) < 4.78 is 29.5. The van der Waals surface area contributed by atoms with Crippen molar-refractivity contribution in [1.29, 1.82) is 0 Å². The van der Waals surface area contributed by atoms with Crippen molar-refractivity contribution in [2.75, 3.05) is 6.61 Å². The Kier molecular flexibility index (Phi) is 11.2. The van der Waals surface area contributed by atoms with E-state index in [4.69, 9.17) is 23.7 Å². The van der Waals surface area contributed by atoms with Crippen molar-refractivity contribution in [2.45, 2.75) is 122 Å². The first kappa shape index (κ1) is 42.9. The number of alkyl carbamates (subject to hydrolysis) is 1. The minimum atomic E-state index is -2.36. The van der Waals surface area contributed by atoms with E-state index in [0.29, 0.717) is 5.56 Å². The van der Waals surface area contributed by atoms with Crippen LogP contribution in [0, 0.1) is 28.6 Å². The van der Waals surface area contributed by atoms with Crippen molar-refractivity contribution in [2.24, 2.45) is 28.6 Å². The van der Waals surface area contributed by atoms with Gasteiger partial charge in [0.2, 0.25) is 11.6 Å². The molecule has 0 radical (unpaired) electrons. The van der Waals surface area contributed by atoms with Gasteiger partial charge >= 0.3 is 24.0 Å². The molecule has 2 bridgehead atoms. The third kappa shape index (κ3) is 7.09. The fourth-order valence-electron chi connectivity index (χ4n) is 9.87. The summed E-state index contributed by atoms with van der Waals surface area (Å²) in [5, 5.41) is 39.3. The summed E-state index contributed by atoms with van der Waals surface area (Å²) >= 11 is 0. The predicted molar refractivity (Wildman–Crippen MR) is 203 cm³/mol. The van der Waals surface area contributed by atoms with E-state index in [9.17, 15) is 44.1 Å². The standard InChI is InChI=1S/C43H53NO14/c1-22-26(55-37(51)32(48)30(24-15-11-9-12-16-24)44-38(52)58-39(3,4)5)20-43(53)35(56-36(50)25-17-13-10-14-18-25)33-41(8,34(49)31(47)29(22)40(43,6)7)27(46)19-28-42(33,21-54-28)57-23(2)45/h9-18,22,26-30,32-33,35,46,48,53H,19-21H2,1-8H3,(H,44,52)/t22?,26-,27-,28+,29?,30+,32+,33-,35-,41+,42-,43+/m0/s1. The lowest BCUT2D eigenvalue weighted by Gasteiger charge is -2.67. The van der Waals surface area contributed by atoms with Crippen molar-refractivity contribution >= 4 is 35.6 Å². The molecule has 0 spiro atoms. The molecule has 1 amide bonds. The van der Waals surface area contributed by atoms with Gasteiger partial charge in [-0.05, 0) is 45.4 Å². The molecule has 1 saturated heterocycles. The number of ketones is 2. The van der Waals surface area contributed by atoms with E-state index in [2.05, 4.69) is 5.32 Å². The summed E-state index contributed by atoms with van der Waals surface area (Å²) in [5.74, 6) is -8.93. The van der Waals surface area contributed by atoms with Crippen LogP contribution >= 0.6 is 0 Å². The number of amides is 1. The van der Waals surface area contributed by atoms with Gasteiger partial charge in [-0.3, -0.25) is 14.4 Å². The summed E-state index contributed by atoms with van der Waals surface area (Å²) in [4.78, 5) is 83.6. The zero-order valence-corrected chi connectivity index (χ0v) is 33.9. The molecule has 2 aromatic carbocycles. The monoisotopic (exact) mass is 807 g/mol. The van der Waals surface area contributed by atoms with Gasteiger partial charge in [-0.1, -0.05) is 69.3 Å². The van der Waals surface area contributed by atoms with Crippen LogP contribution in [0.25, 0.3) is 0 Å². The van der Waals surface area contributed by atoms with E-state index in [1.807, 2.05) is 0 Å². The molecule has 6 rings (SSSR count). The molecule has 3 aliphatic carbocycles. The second-order valence-electron chi connectivity index (χ2n) is 17.9. The molecule has 58 heavy (non-hydrogen) atoms. The van der Waals surface area contributed by atoms with Crippen LogP contribution in [0.15, 0.2) is 60.7 Å². The van der Waals surface area contributed by atoms with Gasteiger partial charge in [-0.15, -0.1) is 0 Å². The molecule has 15 nitrogen and oxygen atoms in total. The highest BCUT2D eigenvalue weighted by atomic mass is 16.6. The van der Waals surface area contributed by atoms with E-state index in [1.54, 1.807) is 90.1 Å². The predicted octanol–water partition coefficient (Wildman–Crippen LogP) is 3.40. The molecule has 0 aromatic heterocycles. The number of aliphatic hydroxyl groups is 3. The molecular weight excluding hydrogens is 754 g/mol. The molecule has 3 saturated carbocycles. The number of hydrogen-bond acceptors (Lipinski definition) is 14. The van der Waals surface area contributed by atoms with Crippen molar-refractivity contribution < 1.29 is 67.8 Å². The fraction of sp³-hybridized carbons (Fsp3) is 0.581. The van der Waals surface area contributed by atoms with Gasteiger partial charge in [0, 0.05) is 37.0 Å². The number of nitrogens with one attached hydrogen (secondary N) is 1. The maximum absolute atomic E-state index is 14.9. The number of carbonyl (C=O) groups excluding carboxylic acids is 6. The van der Waals surface area contributed by atoms with Gasteiger partial charge < -0.3 is 44.3 Å². The lowest BCUT2D eigenvalue weighted by Crippen LogP contribution is -2.82. The summed E-state index contributed by atoms with van der Waals surface area (Å²) in [6.45, 7) is 11.8. The Labute approximate surface area is 336 Å². The van der Waals surface area contributed by atoms with Gasteiger partial charge in [0.15, 0.2) is 11.7 Å². The number of fused-ring (bicyclic) bond motifs is 5. The van der Waals surface area contributed by atoms with Gasteiger partial charge in [-0.2, -0.15) is 0 Å². The maximum Gasteiger partial charge on any atom is 0.408 e. The molecule has 2 aromatic rings. The van der Waals surface area contributed by atoms with Crippen LogP contribution < -0.4 is 5.32 Å². The third-order valence-corrected chi connectivity index (χ3v) is 12.9. The number of rotatable bonds is 8. The lowest BCUT2D eigenvalue weighted by molar-refractivity contribution is -0.350. The minimum absolute atomic E-state index is 0.0747. The fourth-order valence-corrected chi connectivity index (χ4v) is 9.87. The molecule has 4 N–H and O–H groups in total. The summed E-state index contributed by atoms with van der Waals surface area (Å²) in [6.07, 6.45) is -9.48. The normalized spacial score (nSPS) is 34.9. The van der Waals surface area contributed by atoms with Gasteiger partial charge in [0.1, 0.15) is 29.5 Å². The first-order valence-electron chi connectivity index (χ1n) is 19.5. The largest absolute Gasteiger partial charge is 0.460 e. The minimum Gasteiger partial charge on any atom is -0.460 e. The highest BCUT2D eigenvalue weighted by Gasteiger charge is 2.79. The Morgan fingerprint density at radius 1 is 0.948 bits per heavy atom. The number of ether oxygens (including phenoxy) is 5. The number of esters is 3. The number of aliphatic hydroxyl groups excluding tert-OH is 2. The van der Waals surface area contributed by atoms with Crippen LogP contribution in [-0.4, -0.2) is 105 Å². The Morgan fingerprint density at radius 3 is 2.10 bits per heavy atom. The summed E-state index contributed by atoms with van der Waals surface area (Å²) in [5.41, 5.74) is -8.31. The molecule has 12 atom stereocenters. The molecule has 4 aliphatic rings. The Hall–Kier alpha value is -4.70. The SMILES string of the molecule is CC(=O)O[C@@]12CO[C@@H]1C[C@H](O)[C@@]1(C)C(=O)C(=O)C3C(C)[C@@H](OC(=O)[C@H](O)[C@H](NC(=O)OC(C)(C)C)c4ccccc4)C[C@@](O)([C@@H](OC(=O)c4ccccc4)[C@H]21)C3(C)C. The molecule has 4 fully saturated rings. The Morgan fingerprint density at radius 2 is 1.55 bits per heavy atom. The van der Waals surface area contributed by atoms with Crippen molar-refractivity contribution in [3.63, 3.8) is 0 Å². The second-order valence-corrected chi connectivity index (χ2v) is 17.9. The number of carbonyl (C=O) groups is 6. The smallest absolute Gasteiger partial charge is 0.408 e. The first-order valence-corrected chi connectivity index (χ1v) is 19.5. The van der Waals surface area contributed by atoms with Crippen molar-refractivity contribution in [3.05, 3.63) is 71.8 Å². The third-order valence-electron chi connectivity index (χ3n) is 12.9. The highest BCUT2D eigenvalue weighted by molar-refractivity contribution is 6.40. The van der Waals surface area contributed by atoms with Crippen LogP contribution in [0.5, 0.6) is 0 Å². The van der Waals surface area contributed by atoms with Crippen molar-refractivity contribution in [3.8, 4) is 0 Å². The lowest BCUT2D eigenvalue weighted by atomic mass is 9.42. The molecule has 1 aliphatic heterocycles. The van der Waals surface area contributed by atoms with Crippen LogP contribution in [0.4, 0.5) is 4.79 Å². The van der Waals surface area contributed by atoms with Crippen LogP contribution in [0.1, 0.15) is 90.2 Å². The van der Waals surface area contributed by atoms with Crippen molar-refractivity contribution in [1.82, 2.24) is 5.32 Å². The molecule has 1 heterocycles. The molecular formula is C43H53NO14. The van der Waals surface area contributed by atoms with Crippen LogP contribution in [0.2, 0.25) is 0 Å². The second kappa shape index (κ2) is 15.2. The summed E-state index contributed by atoms with van der Waals surface area (Å²) in [7, 11) is 0. The van der Waals surface area contributed by atoms with E-state index in [-0.39, 0.29) is 18.6 Å².